The first-order valence-electron chi connectivity index (χ1n) is 7.48. The van der Waals surface area contributed by atoms with E-state index in [2.05, 4.69) is 33.5 Å². The second kappa shape index (κ2) is 6.10. The Morgan fingerprint density at radius 3 is 2.86 bits per heavy atom. The zero-order chi connectivity index (χ0) is 14.7. The third kappa shape index (κ3) is 2.83. The van der Waals surface area contributed by atoms with Gasteiger partial charge in [0.25, 0.3) is 0 Å². The van der Waals surface area contributed by atoms with Gasteiger partial charge in [-0.15, -0.1) is 0 Å². The molecule has 0 bridgehead atoms. The molecule has 1 heterocycles. The number of nitrogens with zero attached hydrogens (tertiary/aromatic N) is 2. The number of rotatable bonds is 4. The minimum absolute atomic E-state index is 0.320. The Morgan fingerprint density at radius 2 is 2.00 bits per heavy atom. The summed E-state index contributed by atoms with van der Waals surface area (Å²) in [5, 5.41) is 3.36. The number of nitrogen functional groups attached to an aromatic ring is 1. The number of hydrogen-bond donors (Lipinski definition) is 3. The summed E-state index contributed by atoms with van der Waals surface area (Å²) < 4.78 is 0. The number of fused-ring (bicyclic) bond motifs is 3. The molecule has 5 nitrogen and oxygen atoms in total. The largest absolute Gasteiger partial charge is 0.370 e. The van der Waals surface area contributed by atoms with Crippen molar-refractivity contribution in [2.24, 2.45) is 5.73 Å². The van der Waals surface area contributed by atoms with Gasteiger partial charge in [0.15, 0.2) is 0 Å². The third-order valence-corrected chi connectivity index (χ3v) is 3.84. The van der Waals surface area contributed by atoms with Gasteiger partial charge >= 0.3 is 0 Å². The van der Waals surface area contributed by atoms with E-state index in [1.165, 1.54) is 16.7 Å². The summed E-state index contributed by atoms with van der Waals surface area (Å²) in [5.41, 5.74) is 16.1. The molecule has 110 valence electrons. The zero-order valence-corrected chi connectivity index (χ0v) is 12.1. The minimum Gasteiger partial charge on any atom is -0.370 e. The Labute approximate surface area is 124 Å². The quantitative estimate of drug-likeness (QED) is 0.746. The Hall–Kier alpha value is -2.14. The van der Waals surface area contributed by atoms with E-state index in [0.717, 1.165) is 43.7 Å². The number of aryl methyl sites for hydroxylation is 1. The van der Waals surface area contributed by atoms with Gasteiger partial charge in [-0.2, -0.15) is 4.98 Å². The molecule has 1 aliphatic carbocycles. The molecule has 1 aliphatic rings. The highest BCUT2D eigenvalue weighted by molar-refractivity contribution is 5.73. The average Bonchev–Trinajstić information content (AvgIpc) is 2.67. The van der Waals surface area contributed by atoms with Crippen LogP contribution in [0.15, 0.2) is 24.3 Å². The first kappa shape index (κ1) is 13.8. The van der Waals surface area contributed by atoms with Gasteiger partial charge in [-0.1, -0.05) is 24.3 Å². The lowest BCUT2D eigenvalue weighted by Crippen LogP contribution is -2.13. The number of anilines is 2. The molecule has 0 unspecified atom stereocenters. The van der Waals surface area contributed by atoms with Crippen LogP contribution in [0.1, 0.15) is 24.0 Å². The van der Waals surface area contributed by atoms with Gasteiger partial charge in [-0.25, -0.2) is 4.98 Å². The fraction of sp³-hybridized carbons (Fsp3) is 0.375. The number of nitrogens with two attached hydrogens (primary N) is 2. The van der Waals surface area contributed by atoms with Crippen molar-refractivity contribution < 1.29 is 0 Å². The highest BCUT2D eigenvalue weighted by Gasteiger charge is 2.19. The Bertz CT molecular complexity index is 639. The van der Waals surface area contributed by atoms with Crippen LogP contribution >= 0.6 is 0 Å². The molecule has 1 aromatic heterocycles. The lowest BCUT2D eigenvalue weighted by molar-refractivity contribution is 0.823. The molecule has 0 atom stereocenters. The SMILES string of the molecule is NCCCNc1nc(N)nc2c1CCCc1ccccc1-2. The Morgan fingerprint density at radius 1 is 1.14 bits per heavy atom. The van der Waals surface area contributed by atoms with Gasteiger partial charge in [0.1, 0.15) is 5.82 Å². The fourth-order valence-corrected chi connectivity index (χ4v) is 2.84. The Balaban J connectivity index is 2.06. The molecule has 5 heteroatoms. The van der Waals surface area contributed by atoms with Crippen LogP contribution < -0.4 is 16.8 Å². The lowest BCUT2D eigenvalue weighted by Gasteiger charge is -2.14. The highest BCUT2D eigenvalue weighted by atomic mass is 15.1. The molecule has 3 rings (SSSR count). The van der Waals surface area contributed by atoms with E-state index in [9.17, 15) is 0 Å². The Kier molecular flexibility index (Phi) is 4.01. The molecule has 0 fully saturated rings. The highest BCUT2D eigenvalue weighted by Crippen LogP contribution is 2.34. The van der Waals surface area contributed by atoms with Crippen molar-refractivity contribution in [2.45, 2.75) is 25.7 Å². The molecule has 21 heavy (non-hydrogen) atoms. The van der Waals surface area contributed by atoms with Crippen molar-refractivity contribution in [1.29, 1.82) is 0 Å². The normalized spacial score (nSPS) is 13.2. The van der Waals surface area contributed by atoms with Crippen molar-refractivity contribution in [2.75, 3.05) is 24.1 Å². The second-order valence-corrected chi connectivity index (χ2v) is 5.34. The van der Waals surface area contributed by atoms with Crippen LogP contribution in [0, 0.1) is 0 Å². The first-order chi connectivity index (χ1) is 10.3. The molecule has 0 radical (unpaired) electrons. The summed E-state index contributed by atoms with van der Waals surface area (Å²) in [5.74, 6) is 1.18. The smallest absolute Gasteiger partial charge is 0.222 e. The number of nitrogens with one attached hydrogen (secondary N) is 1. The summed E-state index contributed by atoms with van der Waals surface area (Å²) in [6.07, 6.45) is 4.04. The predicted molar refractivity (Wildman–Crippen MR) is 86.1 cm³/mol. The number of hydrogen-bond acceptors (Lipinski definition) is 5. The van der Waals surface area contributed by atoms with Crippen LogP contribution in [0.5, 0.6) is 0 Å². The summed E-state index contributed by atoms with van der Waals surface area (Å²) in [6.45, 7) is 1.47. The van der Waals surface area contributed by atoms with Gasteiger partial charge in [-0.3, -0.25) is 0 Å². The molecule has 0 saturated heterocycles. The monoisotopic (exact) mass is 283 g/mol. The zero-order valence-electron chi connectivity index (χ0n) is 12.1. The standard InChI is InChI=1S/C16H21N5/c17-9-4-10-19-15-13-8-3-6-11-5-1-2-7-12(11)14(13)20-16(18)21-15/h1-2,5,7H,3-4,6,8-10,17H2,(H3,18,19,20,21). The lowest BCUT2D eigenvalue weighted by atomic mass is 10.0. The van der Waals surface area contributed by atoms with Crippen molar-refractivity contribution in [3.05, 3.63) is 35.4 Å². The van der Waals surface area contributed by atoms with Crippen LogP contribution in [-0.4, -0.2) is 23.1 Å². The van der Waals surface area contributed by atoms with E-state index in [-0.39, 0.29) is 0 Å². The second-order valence-electron chi connectivity index (χ2n) is 5.34. The maximum absolute atomic E-state index is 5.91. The fourth-order valence-electron chi connectivity index (χ4n) is 2.84. The molecule has 0 amide bonds. The van der Waals surface area contributed by atoms with Crippen molar-refractivity contribution in [3.63, 3.8) is 0 Å². The summed E-state index contributed by atoms with van der Waals surface area (Å²) in [6, 6.07) is 8.42. The van der Waals surface area contributed by atoms with Crippen LogP contribution in [0.4, 0.5) is 11.8 Å². The molecule has 1 aromatic carbocycles. The average molecular weight is 283 g/mol. The van der Waals surface area contributed by atoms with Gasteiger partial charge in [-0.05, 0) is 37.8 Å². The van der Waals surface area contributed by atoms with E-state index < -0.39 is 0 Å². The van der Waals surface area contributed by atoms with Crippen molar-refractivity contribution in [1.82, 2.24) is 9.97 Å². The van der Waals surface area contributed by atoms with E-state index >= 15 is 0 Å². The van der Waals surface area contributed by atoms with Gasteiger partial charge in [0.05, 0.1) is 5.69 Å². The van der Waals surface area contributed by atoms with Crippen molar-refractivity contribution >= 4 is 11.8 Å². The predicted octanol–water partition coefficient (Wildman–Crippen LogP) is 1.98. The maximum atomic E-state index is 5.91. The molecule has 0 saturated carbocycles. The van der Waals surface area contributed by atoms with Crippen molar-refractivity contribution in [3.8, 4) is 11.3 Å². The molecular formula is C16H21N5. The van der Waals surface area contributed by atoms with E-state index in [4.69, 9.17) is 11.5 Å². The maximum Gasteiger partial charge on any atom is 0.222 e. The topological polar surface area (TPSA) is 89.8 Å². The van der Waals surface area contributed by atoms with E-state index in [0.29, 0.717) is 12.5 Å². The summed E-state index contributed by atoms with van der Waals surface area (Å²) in [4.78, 5) is 8.89. The van der Waals surface area contributed by atoms with Crippen LogP contribution in [0.25, 0.3) is 11.3 Å². The molecule has 0 aliphatic heterocycles. The van der Waals surface area contributed by atoms with Gasteiger partial charge < -0.3 is 16.8 Å². The van der Waals surface area contributed by atoms with Crippen LogP contribution in [-0.2, 0) is 12.8 Å². The third-order valence-electron chi connectivity index (χ3n) is 3.84. The summed E-state index contributed by atoms with van der Waals surface area (Å²) in [7, 11) is 0. The molecule has 5 N–H and O–H groups in total. The van der Waals surface area contributed by atoms with E-state index in [1.54, 1.807) is 0 Å². The summed E-state index contributed by atoms with van der Waals surface area (Å²) >= 11 is 0. The first-order valence-corrected chi connectivity index (χ1v) is 7.48. The minimum atomic E-state index is 0.320. The van der Waals surface area contributed by atoms with Gasteiger partial charge in [0, 0.05) is 17.7 Å². The van der Waals surface area contributed by atoms with Gasteiger partial charge in [0.2, 0.25) is 5.95 Å². The molecular weight excluding hydrogens is 262 g/mol. The van der Waals surface area contributed by atoms with Crippen LogP contribution in [0.3, 0.4) is 0 Å². The van der Waals surface area contributed by atoms with E-state index in [1.807, 2.05) is 6.07 Å². The molecule has 2 aromatic rings. The number of aromatic nitrogens is 2. The van der Waals surface area contributed by atoms with Crippen LogP contribution in [0.2, 0.25) is 0 Å². The molecule has 0 spiro atoms. The number of benzene rings is 1.